The van der Waals surface area contributed by atoms with E-state index in [1.807, 2.05) is 45.0 Å². The number of hydrogen-bond acceptors (Lipinski definition) is 5. The maximum Gasteiger partial charge on any atom is 0.410 e. The Labute approximate surface area is 192 Å². The maximum atomic E-state index is 12.3. The van der Waals surface area contributed by atoms with Crippen molar-refractivity contribution in [2.45, 2.75) is 32.8 Å². The molecule has 0 atom stereocenters. The van der Waals surface area contributed by atoms with Gasteiger partial charge in [0.1, 0.15) is 11.2 Å². The zero-order valence-corrected chi connectivity index (χ0v) is 19.1. The first-order valence-corrected chi connectivity index (χ1v) is 11.1. The molecule has 7 heteroatoms. The van der Waals surface area contributed by atoms with Crippen LogP contribution in [0.1, 0.15) is 32.9 Å². The van der Waals surface area contributed by atoms with Gasteiger partial charge in [-0.25, -0.2) is 9.78 Å². The molecule has 7 nitrogen and oxygen atoms in total. The molecule has 5 rings (SSSR count). The van der Waals surface area contributed by atoms with Crippen molar-refractivity contribution in [2.75, 3.05) is 18.4 Å². The fourth-order valence-corrected chi connectivity index (χ4v) is 4.02. The summed E-state index contributed by atoms with van der Waals surface area (Å²) in [5.41, 5.74) is 5.49. The lowest BCUT2D eigenvalue weighted by Gasteiger charge is -2.29. The molecular weight excluding hydrogens is 414 g/mol. The highest BCUT2D eigenvalue weighted by Crippen LogP contribution is 2.31. The van der Waals surface area contributed by atoms with E-state index in [-0.39, 0.29) is 6.09 Å². The molecule has 1 aromatic carbocycles. The van der Waals surface area contributed by atoms with Gasteiger partial charge in [-0.3, -0.25) is 4.98 Å². The van der Waals surface area contributed by atoms with Gasteiger partial charge in [-0.05, 0) is 69.2 Å². The summed E-state index contributed by atoms with van der Waals surface area (Å²) in [5, 5.41) is 5.63. The van der Waals surface area contributed by atoms with E-state index in [0.29, 0.717) is 13.1 Å². The van der Waals surface area contributed by atoms with Crippen LogP contribution in [0.15, 0.2) is 60.9 Å². The van der Waals surface area contributed by atoms with Crippen molar-refractivity contribution in [3.05, 3.63) is 66.6 Å². The lowest BCUT2D eigenvalue weighted by Crippen LogP contribution is -2.39. The molecule has 0 fully saturated rings. The monoisotopic (exact) mass is 441 g/mol. The average Bonchev–Trinajstić information content (AvgIpc) is 3.23. The van der Waals surface area contributed by atoms with Gasteiger partial charge in [-0.2, -0.15) is 0 Å². The van der Waals surface area contributed by atoms with Gasteiger partial charge < -0.3 is 19.9 Å². The van der Waals surface area contributed by atoms with E-state index in [0.717, 1.165) is 45.4 Å². The number of benzene rings is 1. The molecular formula is C26H27N5O2. The predicted molar refractivity (Wildman–Crippen MR) is 132 cm³/mol. The van der Waals surface area contributed by atoms with Crippen LogP contribution in [-0.2, 0) is 4.74 Å². The maximum absolute atomic E-state index is 12.3. The Hall–Kier alpha value is -3.87. The summed E-state index contributed by atoms with van der Waals surface area (Å²) in [6, 6.07) is 14.2. The zero-order valence-electron chi connectivity index (χ0n) is 19.1. The molecule has 168 valence electrons. The van der Waals surface area contributed by atoms with Gasteiger partial charge in [0.2, 0.25) is 0 Å². The predicted octanol–water partition coefficient (Wildman–Crippen LogP) is 5.88. The highest BCUT2D eigenvalue weighted by Gasteiger charge is 2.24. The van der Waals surface area contributed by atoms with Crippen LogP contribution in [0.3, 0.4) is 0 Å². The van der Waals surface area contributed by atoms with Gasteiger partial charge in [0.15, 0.2) is 0 Å². The number of nitrogens with one attached hydrogen (secondary N) is 2. The summed E-state index contributed by atoms with van der Waals surface area (Å²) in [4.78, 5) is 26.4. The number of carbonyl (C=O) groups excluding carboxylic acids is 1. The van der Waals surface area contributed by atoms with Crippen LogP contribution in [0, 0.1) is 0 Å². The molecule has 0 bridgehead atoms. The number of pyridine rings is 2. The molecule has 2 N–H and O–H groups in total. The Balaban J connectivity index is 1.37. The van der Waals surface area contributed by atoms with E-state index in [2.05, 4.69) is 44.5 Å². The van der Waals surface area contributed by atoms with E-state index in [9.17, 15) is 4.79 Å². The van der Waals surface area contributed by atoms with Gasteiger partial charge in [0.05, 0.1) is 11.2 Å². The summed E-state index contributed by atoms with van der Waals surface area (Å²) in [7, 11) is 0. The largest absolute Gasteiger partial charge is 0.444 e. The number of hydrogen-bond donors (Lipinski definition) is 2. The van der Waals surface area contributed by atoms with Crippen LogP contribution in [0.2, 0.25) is 0 Å². The average molecular weight is 442 g/mol. The number of nitrogens with zero attached hydrogens (tertiary/aromatic N) is 3. The molecule has 0 saturated carbocycles. The molecule has 1 aliphatic rings. The summed E-state index contributed by atoms with van der Waals surface area (Å²) in [6.45, 7) is 6.80. The third-order valence-electron chi connectivity index (χ3n) is 5.62. The molecule has 1 aliphatic heterocycles. The quantitative estimate of drug-likeness (QED) is 0.415. The Kier molecular flexibility index (Phi) is 5.24. The highest BCUT2D eigenvalue weighted by atomic mass is 16.6. The molecule has 4 aromatic rings. The smallest absolute Gasteiger partial charge is 0.410 e. The second-order valence-electron chi connectivity index (χ2n) is 9.25. The van der Waals surface area contributed by atoms with Crippen molar-refractivity contribution >= 4 is 45.0 Å². The van der Waals surface area contributed by atoms with Gasteiger partial charge in [-0.15, -0.1) is 0 Å². The summed E-state index contributed by atoms with van der Waals surface area (Å²) in [6.07, 6.45) is 6.17. The lowest BCUT2D eigenvalue weighted by molar-refractivity contribution is 0.0270. The minimum Gasteiger partial charge on any atom is -0.444 e. The number of aromatic amines is 1. The standard InChI is InChI=1S/C26H27N5O2/c1-26(2,3)33-25(32)31-13-9-17(10-14-31)23-16-20-22(8-12-28-24(20)30-23)29-19-6-7-21-18(15-19)5-4-11-27-21/h4-9,11-12,15-16H,10,13-14H2,1-3H3,(H2,28,29,30). The first-order valence-electron chi connectivity index (χ1n) is 11.1. The number of rotatable bonds is 3. The molecule has 3 aromatic heterocycles. The van der Waals surface area contributed by atoms with Gasteiger partial charge in [0.25, 0.3) is 0 Å². The zero-order chi connectivity index (χ0) is 23.0. The van der Waals surface area contributed by atoms with E-state index in [4.69, 9.17) is 4.74 Å². The summed E-state index contributed by atoms with van der Waals surface area (Å²) >= 11 is 0. The van der Waals surface area contributed by atoms with Crippen molar-refractivity contribution in [3.8, 4) is 0 Å². The Morgan fingerprint density at radius 2 is 2.00 bits per heavy atom. The van der Waals surface area contributed by atoms with Crippen molar-refractivity contribution in [1.82, 2.24) is 19.9 Å². The third-order valence-corrected chi connectivity index (χ3v) is 5.62. The molecule has 0 unspecified atom stereocenters. The minimum absolute atomic E-state index is 0.270. The number of fused-ring (bicyclic) bond motifs is 2. The van der Waals surface area contributed by atoms with Crippen molar-refractivity contribution < 1.29 is 9.53 Å². The fraction of sp³-hybridized carbons (Fsp3) is 0.269. The van der Waals surface area contributed by atoms with Crippen LogP contribution in [0.4, 0.5) is 16.2 Å². The Bertz CT molecular complexity index is 1370. The fourth-order valence-electron chi connectivity index (χ4n) is 4.02. The third kappa shape index (κ3) is 4.53. The number of aromatic nitrogens is 3. The van der Waals surface area contributed by atoms with Crippen LogP contribution in [-0.4, -0.2) is 44.6 Å². The molecule has 1 amide bonds. The van der Waals surface area contributed by atoms with E-state index < -0.39 is 5.60 Å². The highest BCUT2D eigenvalue weighted by molar-refractivity contribution is 5.95. The normalized spacial score (nSPS) is 14.4. The SMILES string of the molecule is CC(C)(C)OC(=O)N1CC=C(c2cc3c(Nc4ccc5ncccc5c4)ccnc3[nH]2)CC1. The summed E-state index contributed by atoms with van der Waals surface area (Å²) < 4.78 is 5.49. The van der Waals surface area contributed by atoms with E-state index in [1.54, 1.807) is 17.3 Å². The van der Waals surface area contributed by atoms with Gasteiger partial charge in [0, 0.05) is 47.6 Å². The lowest BCUT2D eigenvalue weighted by atomic mass is 10.0. The summed E-state index contributed by atoms with van der Waals surface area (Å²) in [5.74, 6) is 0. The van der Waals surface area contributed by atoms with Gasteiger partial charge >= 0.3 is 6.09 Å². The first-order chi connectivity index (χ1) is 15.9. The number of ether oxygens (including phenoxy) is 1. The number of carbonyl (C=O) groups is 1. The van der Waals surface area contributed by atoms with Crippen LogP contribution < -0.4 is 5.32 Å². The molecule has 0 saturated heterocycles. The number of anilines is 2. The molecule has 33 heavy (non-hydrogen) atoms. The Morgan fingerprint density at radius 1 is 1.12 bits per heavy atom. The first kappa shape index (κ1) is 21.0. The number of H-pyrrole nitrogens is 1. The van der Waals surface area contributed by atoms with Gasteiger partial charge in [-0.1, -0.05) is 12.1 Å². The van der Waals surface area contributed by atoms with Crippen LogP contribution in [0.25, 0.3) is 27.5 Å². The van der Waals surface area contributed by atoms with Crippen molar-refractivity contribution in [2.24, 2.45) is 0 Å². The second-order valence-corrected chi connectivity index (χ2v) is 9.25. The van der Waals surface area contributed by atoms with E-state index in [1.165, 1.54) is 5.57 Å². The number of amides is 1. The molecule has 0 aliphatic carbocycles. The molecule has 0 spiro atoms. The van der Waals surface area contributed by atoms with Crippen LogP contribution >= 0.6 is 0 Å². The van der Waals surface area contributed by atoms with Crippen LogP contribution in [0.5, 0.6) is 0 Å². The topological polar surface area (TPSA) is 83.1 Å². The van der Waals surface area contributed by atoms with Crippen molar-refractivity contribution in [1.29, 1.82) is 0 Å². The minimum atomic E-state index is -0.491. The van der Waals surface area contributed by atoms with E-state index >= 15 is 0 Å². The second kappa shape index (κ2) is 8.24. The van der Waals surface area contributed by atoms with Crippen molar-refractivity contribution in [3.63, 3.8) is 0 Å². The molecule has 0 radical (unpaired) electrons. The molecule has 4 heterocycles. The Morgan fingerprint density at radius 3 is 2.79 bits per heavy atom.